The quantitative estimate of drug-likeness (QED) is 0.0491. The van der Waals surface area contributed by atoms with Crippen LogP contribution < -0.4 is 63.8 Å². The van der Waals surface area contributed by atoms with Gasteiger partial charge in [0.1, 0.15) is 11.6 Å². The Balaban J connectivity index is 0.000000260. The molecule has 5 amide bonds. The van der Waals surface area contributed by atoms with Gasteiger partial charge in [0.05, 0.1) is 12.2 Å². The molecular weight excluding hydrogens is 1070 g/mol. The van der Waals surface area contributed by atoms with Crippen molar-refractivity contribution in [2.45, 2.75) is 25.7 Å². The molecule has 22 nitrogen and oxygen atoms in total. The lowest BCUT2D eigenvalue weighted by molar-refractivity contribution is 0.0955. The SMILES string of the molecule is CNC(=O)c1cccc(NC)c1.CNC(=O)c1cccc(NC)c1.CNC(=O)c1cccc(NC)c1.CNC(=O)c1cccc(NC)c1.CNC(=O)c1cccc(NC)c1.CNc1cc(C2=NCC=N2)cc(C)n1.CNc1cc(C2CC2)nn1C. The van der Waals surface area contributed by atoms with Gasteiger partial charge in [0.15, 0.2) is 5.84 Å². The van der Waals surface area contributed by atoms with Crippen LogP contribution in [0.25, 0.3) is 0 Å². The van der Waals surface area contributed by atoms with Crippen LogP contribution in [-0.2, 0) is 7.05 Å². The Hall–Kier alpha value is -10.3. The predicted octanol–water partition coefficient (Wildman–Crippen LogP) is 8.04. The summed E-state index contributed by atoms with van der Waals surface area (Å²) in [6.07, 6.45) is 4.45. The van der Waals surface area contributed by atoms with Crippen LogP contribution in [0.3, 0.4) is 0 Å². The van der Waals surface area contributed by atoms with Crippen molar-refractivity contribution in [3.63, 3.8) is 0 Å². The van der Waals surface area contributed by atoms with Gasteiger partial charge in [0.2, 0.25) is 0 Å². The lowest BCUT2D eigenvalue weighted by atomic mass is 10.2. The summed E-state index contributed by atoms with van der Waals surface area (Å²) in [7, 11) is 23.0. The summed E-state index contributed by atoms with van der Waals surface area (Å²) in [6.45, 7) is 2.65. The van der Waals surface area contributed by atoms with Crippen LogP contribution in [0.5, 0.6) is 0 Å². The minimum absolute atomic E-state index is 0.0629. The molecule has 12 N–H and O–H groups in total. The molecule has 0 radical (unpaired) electrons. The molecular formula is C63H85N17O5. The van der Waals surface area contributed by atoms with Gasteiger partial charge >= 0.3 is 0 Å². The van der Waals surface area contributed by atoms with Crippen molar-refractivity contribution in [3.8, 4) is 0 Å². The van der Waals surface area contributed by atoms with Crippen molar-refractivity contribution in [1.82, 2.24) is 41.3 Å². The van der Waals surface area contributed by atoms with E-state index in [0.717, 1.165) is 63.1 Å². The standard InChI is InChI=1S/C10H12N4.5C9H12N2O.C8H13N3/c1-7-5-8(6-9(11-2)14-7)10-12-3-4-13-10;5*1-10-8-5-3-4-7(6-8)9(12)11-2;1-9-8-5-7(6-3-4-6)10-11(8)2/h3,5-6H,4H2,1-2H3,(H,11,14);5*3-6,10H,1-2H3,(H,11,12);5-6,9H,3-4H2,1-2H3. The van der Waals surface area contributed by atoms with Crippen LogP contribution in [0, 0.1) is 6.92 Å². The molecule has 2 aliphatic rings. The zero-order chi connectivity index (χ0) is 62.7. The van der Waals surface area contributed by atoms with Gasteiger partial charge in [-0.3, -0.25) is 33.6 Å². The Morgan fingerprint density at radius 3 is 1.02 bits per heavy atom. The van der Waals surface area contributed by atoms with E-state index >= 15 is 0 Å². The number of carbonyl (C=O) groups is 5. The summed E-state index contributed by atoms with van der Waals surface area (Å²) in [6, 6.07) is 42.8. The van der Waals surface area contributed by atoms with Crippen LogP contribution in [0.1, 0.15) is 87.5 Å². The van der Waals surface area contributed by atoms with Crippen molar-refractivity contribution in [2.24, 2.45) is 17.0 Å². The van der Waals surface area contributed by atoms with E-state index in [4.69, 9.17) is 0 Å². The van der Waals surface area contributed by atoms with Gasteiger partial charge in [0.25, 0.3) is 29.5 Å². The first-order valence-corrected chi connectivity index (χ1v) is 27.4. The normalized spacial score (nSPS) is 11.0. The summed E-state index contributed by atoms with van der Waals surface area (Å²) in [5, 5.41) is 38.2. The maximum atomic E-state index is 11.1. The second-order valence-corrected chi connectivity index (χ2v) is 18.3. The van der Waals surface area contributed by atoms with E-state index in [1.54, 1.807) is 95.9 Å². The second kappa shape index (κ2) is 37.7. The van der Waals surface area contributed by atoms with Crippen molar-refractivity contribution in [1.29, 1.82) is 0 Å². The fraction of sp³-hybridized carbons (Fsp3) is 0.286. The van der Waals surface area contributed by atoms with Gasteiger partial charge < -0.3 is 63.8 Å². The van der Waals surface area contributed by atoms with E-state index in [-0.39, 0.29) is 29.5 Å². The molecule has 0 bridgehead atoms. The Morgan fingerprint density at radius 1 is 0.435 bits per heavy atom. The van der Waals surface area contributed by atoms with E-state index in [1.807, 2.05) is 147 Å². The highest BCUT2D eigenvalue weighted by atomic mass is 16.2. The maximum absolute atomic E-state index is 11.1. The van der Waals surface area contributed by atoms with Crippen molar-refractivity contribution < 1.29 is 24.0 Å². The first-order valence-electron chi connectivity index (χ1n) is 27.4. The van der Waals surface area contributed by atoms with Crippen molar-refractivity contribution >= 4 is 81.7 Å². The Bertz CT molecular complexity index is 2960. The molecule has 0 unspecified atom stereocenters. The first kappa shape index (κ1) is 69.0. The minimum atomic E-state index is -0.0629. The second-order valence-electron chi connectivity index (χ2n) is 18.3. The number of hydrogen-bond donors (Lipinski definition) is 12. The number of nitrogens with one attached hydrogen (secondary N) is 12. The van der Waals surface area contributed by atoms with Gasteiger partial charge in [-0.05, 0) is 123 Å². The summed E-state index contributed by atoms with van der Waals surface area (Å²) in [4.78, 5) is 68.5. The predicted molar refractivity (Wildman–Crippen MR) is 350 cm³/mol. The van der Waals surface area contributed by atoms with Gasteiger partial charge in [-0.15, -0.1) is 0 Å². The molecule has 1 aliphatic heterocycles. The van der Waals surface area contributed by atoms with Crippen molar-refractivity contribution in [2.75, 3.05) is 128 Å². The zero-order valence-electron chi connectivity index (χ0n) is 51.3. The zero-order valence-corrected chi connectivity index (χ0v) is 51.3. The molecule has 452 valence electrons. The molecule has 7 aromatic rings. The largest absolute Gasteiger partial charge is 0.388 e. The maximum Gasteiger partial charge on any atom is 0.251 e. The van der Waals surface area contributed by atoms with E-state index < -0.39 is 0 Å². The molecule has 5 aromatic carbocycles. The number of amides is 5. The molecule has 1 saturated carbocycles. The topological polar surface area (TPSA) is 285 Å². The number of benzene rings is 5. The average Bonchev–Trinajstić information content (AvgIpc) is 4.15. The highest BCUT2D eigenvalue weighted by molar-refractivity contribution is 6.06. The molecule has 85 heavy (non-hydrogen) atoms. The third-order valence-electron chi connectivity index (χ3n) is 12.4. The lowest BCUT2D eigenvalue weighted by Gasteiger charge is -2.04. The van der Waals surface area contributed by atoms with Gasteiger partial charge in [-0.25, -0.2) is 9.98 Å². The summed E-state index contributed by atoms with van der Waals surface area (Å²) in [5.41, 5.74) is 11.3. The van der Waals surface area contributed by atoms with E-state index in [1.165, 1.54) is 18.5 Å². The lowest BCUT2D eigenvalue weighted by Crippen LogP contribution is -2.17. The van der Waals surface area contributed by atoms with E-state index in [0.29, 0.717) is 34.4 Å². The average molecular weight is 1160 g/mol. The number of amidine groups is 1. The van der Waals surface area contributed by atoms with Crippen LogP contribution in [-0.4, -0.2) is 147 Å². The number of nitrogens with zero attached hydrogens (tertiary/aromatic N) is 5. The molecule has 9 rings (SSSR count). The summed E-state index contributed by atoms with van der Waals surface area (Å²) < 4.78 is 1.90. The van der Waals surface area contributed by atoms with E-state index in [9.17, 15) is 24.0 Å². The number of aromatic nitrogens is 3. The van der Waals surface area contributed by atoms with Gasteiger partial charge in [0, 0.05) is 177 Å². The molecule has 1 fully saturated rings. The molecule has 0 atom stereocenters. The van der Waals surface area contributed by atoms with Gasteiger partial charge in [-0.2, -0.15) is 5.10 Å². The van der Waals surface area contributed by atoms with Crippen LogP contribution in [0.4, 0.5) is 40.1 Å². The summed E-state index contributed by atoms with van der Waals surface area (Å²) >= 11 is 0. The van der Waals surface area contributed by atoms with Crippen LogP contribution in [0.15, 0.2) is 150 Å². The fourth-order valence-corrected chi connectivity index (χ4v) is 7.49. The van der Waals surface area contributed by atoms with Crippen molar-refractivity contribution in [3.05, 3.63) is 184 Å². The van der Waals surface area contributed by atoms with E-state index in [2.05, 4.69) is 89.9 Å². The third-order valence-corrected chi connectivity index (χ3v) is 12.4. The summed E-state index contributed by atoms with van der Waals surface area (Å²) in [5.74, 6) is 3.19. The van der Waals surface area contributed by atoms with Gasteiger partial charge in [-0.1, -0.05) is 30.3 Å². The minimum Gasteiger partial charge on any atom is -0.388 e. The first-order chi connectivity index (χ1) is 41.0. The highest BCUT2D eigenvalue weighted by Crippen LogP contribution is 2.39. The number of hydrogen-bond acceptors (Lipinski definition) is 16. The molecule has 0 saturated heterocycles. The highest BCUT2D eigenvalue weighted by Gasteiger charge is 2.26. The number of anilines is 7. The smallest absolute Gasteiger partial charge is 0.251 e. The molecule has 2 aromatic heterocycles. The third kappa shape index (κ3) is 24.0. The number of carbonyl (C=O) groups excluding carboxylic acids is 5. The Kier molecular flexibility index (Phi) is 30.6. The number of rotatable bonds is 14. The van der Waals surface area contributed by atoms with Crippen LogP contribution in [0.2, 0.25) is 0 Å². The Labute approximate surface area is 500 Å². The Morgan fingerprint density at radius 2 is 0.776 bits per heavy atom. The number of aliphatic imine (C=N–C) groups is 2. The monoisotopic (exact) mass is 1160 g/mol. The molecule has 0 spiro atoms. The fourth-order valence-electron chi connectivity index (χ4n) is 7.49. The molecule has 1 aliphatic carbocycles. The number of aryl methyl sites for hydroxylation is 2. The molecule has 3 heterocycles. The van der Waals surface area contributed by atoms with Crippen LogP contribution >= 0.6 is 0 Å². The molecule has 22 heteroatoms. The number of pyridine rings is 1.